The van der Waals surface area contributed by atoms with Crippen molar-refractivity contribution in [2.75, 3.05) is 5.75 Å². The monoisotopic (exact) mass is 550 g/mol. The molecule has 4 nitrogen and oxygen atoms in total. The van der Waals surface area contributed by atoms with E-state index in [-0.39, 0.29) is 33.4 Å². The third-order valence-electron chi connectivity index (χ3n) is 8.48. The molecule has 2 bridgehead atoms. The van der Waals surface area contributed by atoms with Gasteiger partial charge < -0.3 is 4.55 Å². The number of hydrogen-bond acceptors (Lipinski definition) is 4. The van der Waals surface area contributed by atoms with E-state index in [9.17, 15) is 17.8 Å². The lowest BCUT2D eigenvalue weighted by Crippen LogP contribution is -2.42. The van der Waals surface area contributed by atoms with E-state index >= 15 is 0 Å². The molecule has 0 aromatic heterocycles. The number of hydrogen-bond donors (Lipinski definition) is 0. The van der Waals surface area contributed by atoms with Gasteiger partial charge in [-0.15, -0.1) is 0 Å². The Hall–Kier alpha value is -2.41. The highest BCUT2D eigenvalue weighted by Gasteiger charge is 2.64. The average molecular weight is 551 g/mol. The van der Waals surface area contributed by atoms with E-state index in [1.807, 2.05) is 13.8 Å². The summed E-state index contributed by atoms with van der Waals surface area (Å²) < 4.78 is 32.7. The SMILES string of the molecule is CC(C)(C)c1ccc([S+](c2ccccc2)c2ccccc2)cc1.CC1(C)C2CCC1(CS(=O)(=O)[O-])C(=O)C2. The lowest BCUT2D eigenvalue weighted by Gasteiger charge is -2.37. The van der Waals surface area contributed by atoms with Crippen molar-refractivity contribution < 1.29 is 17.8 Å². The molecule has 2 fully saturated rings. The van der Waals surface area contributed by atoms with Crippen LogP contribution in [0.1, 0.15) is 59.4 Å². The molecule has 0 aliphatic heterocycles. The summed E-state index contributed by atoms with van der Waals surface area (Å²) in [5.74, 6) is -0.280. The van der Waals surface area contributed by atoms with Crippen molar-refractivity contribution in [2.45, 2.75) is 74.0 Å². The van der Waals surface area contributed by atoms with Crippen LogP contribution in [0.3, 0.4) is 0 Å². The zero-order valence-corrected chi connectivity index (χ0v) is 24.6. The van der Waals surface area contributed by atoms with Crippen LogP contribution in [0, 0.1) is 16.7 Å². The quantitative estimate of drug-likeness (QED) is 0.253. The second kappa shape index (κ2) is 10.6. The van der Waals surface area contributed by atoms with Crippen LogP contribution in [-0.4, -0.2) is 24.5 Å². The van der Waals surface area contributed by atoms with Crippen molar-refractivity contribution in [1.29, 1.82) is 0 Å². The van der Waals surface area contributed by atoms with Gasteiger partial charge in [0.05, 0.1) is 26.8 Å². The van der Waals surface area contributed by atoms with Crippen LogP contribution < -0.4 is 0 Å². The summed E-state index contributed by atoms with van der Waals surface area (Å²) in [7, 11) is -4.38. The summed E-state index contributed by atoms with van der Waals surface area (Å²) in [5, 5.41) is 0. The molecule has 3 aromatic carbocycles. The Kier molecular flexibility index (Phi) is 8.00. The third-order valence-corrected chi connectivity index (χ3v) is 11.6. The van der Waals surface area contributed by atoms with Crippen LogP contribution in [0.15, 0.2) is 99.6 Å². The van der Waals surface area contributed by atoms with Gasteiger partial charge in [0.2, 0.25) is 0 Å². The fourth-order valence-electron chi connectivity index (χ4n) is 6.02. The van der Waals surface area contributed by atoms with E-state index < -0.39 is 21.3 Å². The van der Waals surface area contributed by atoms with Crippen molar-refractivity contribution in [1.82, 2.24) is 0 Å². The normalized spacial score (nSPS) is 22.3. The van der Waals surface area contributed by atoms with Gasteiger partial charge in [-0.25, -0.2) is 8.42 Å². The molecular weight excluding hydrogens is 512 g/mol. The van der Waals surface area contributed by atoms with Crippen LogP contribution in [0.4, 0.5) is 0 Å². The standard InChI is InChI=1S/C22H23S.C10H16O4S/c1-22(2,3)18-14-16-21(17-15-18)23(19-10-6-4-7-11-19)20-12-8-5-9-13-20;1-9(2)7-3-4-10(9,8(11)5-7)6-15(12,13)14/h4-17H,1-3H3;7H,3-6H2,1-2H3,(H,12,13,14)/q+1;/p-1. The Bertz CT molecular complexity index is 1320. The Morgan fingerprint density at radius 2 is 1.32 bits per heavy atom. The maximum atomic E-state index is 11.8. The molecule has 6 heteroatoms. The Labute approximate surface area is 231 Å². The van der Waals surface area contributed by atoms with Crippen molar-refractivity contribution in [2.24, 2.45) is 16.7 Å². The second-order valence-corrected chi connectivity index (χ2v) is 15.5. The number of rotatable bonds is 5. The van der Waals surface area contributed by atoms with Gasteiger partial charge in [0.25, 0.3) is 0 Å². The first kappa shape index (κ1) is 28.6. The Morgan fingerprint density at radius 1 is 0.842 bits per heavy atom. The average Bonchev–Trinajstić information content (AvgIpc) is 3.19. The first-order valence-electron chi connectivity index (χ1n) is 13.2. The fourth-order valence-corrected chi connectivity index (χ4v) is 9.39. The van der Waals surface area contributed by atoms with Gasteiger partial charge in [-0.05, 0) is 71.6 Å². The molecule has 0 saturated heterocycles. The van der Waals surface area contributed by atoms with Gasteiger partial charge >= 0.3 is 0 Å². The largest absolute Gasteiger partial charge is 0.748 e. The molecule has 0 radical (unpaired) electrons. The summed E-state index contributed by atoms with van der Waals surface area (Å²) in [6, 6.07) is 30.7. The molecule has 202 valence electrons. The van der Waals surface area contributed by atoms with E-state index in [0.717, 1.165) is 6.42 Å². The van der Waals surface area contributed by atoms with Crippen molar-refractivity contribution in [3.63, 3.8) is 0 Å². The number of benzene rings is 3. The molecule has 0 spiro atoms. The predicted octanol–water partition coefficient (Wildman–Crippen LogP) is 7.01. The van der Waals surface area contributed by atoms with Gasteiger partial charge in [0.1, 0.15) is 5.78 Å². The molecular formula is C32H38O4S2. The molecule has 2 aliphatic carbocycles. The van der Waals surface area contributed by atoms with Gasteiger partial charge in [-0.1, -0.05) is 83.1 Å². The Morgan fingerprint density at radius 3 is 1.68 bits per heavy atom. The molecule has 0 N–H and O–H groups in total. The zero-order valence-electron chi connectivity index (χ0n) is 22.9. The summed E-state index contributed by atoms with van der Waals surface area (Å²) in [5.41, 5.74) is 0.349. The van der Waals surface area contributed by atoms with Gasteiger partial charge in [0, 0.05) is 11.8 Å². The molecule has 38 heavy (non-hydrogen) atoms. The summed E-state index contributed by atoms with van der Waals surface area (Å²) in [6.07, 6.45) is 1.88. The Balaban J connectivity index is 0.000000194. The molecule has 3 aromatic rings. The van der Waals surface area contributed by atoms with Gasteiger partial charge in [-0.3, -0.25) is 4.79 Å². The first-order chi connectivity index (χ1) is 17.7. The highest BCUT2D eigenvalue weighted by molar-refractivity contribution is 7.97. The summed E-state index contributed by atoms with van der Waals surface area (Å²) in [4.78, 5) is 15.9. The van der Waals surface area contributed by atoms with Crippen LogP contribution in [-0.2, 0) is 31.2 Å². The second-order valence-electron chi connectivity index (χ2n) is 12.1. The van der Waals surface area contributed by atoms with Gasteiger partial charge in [0.15, 0.2) is 14.7 Å². The molecule has 2 unspecified atom stereocenters. The number of fused-ring (bicyclic) bond motifs is 2. The van der Waals surface area contributed by atoms with Crippen molar-refractivity contribution in [3.05, 3.63) is 90.5 Å². The molecule has 2 saturated carbocycles. The van der Waals surface area contributed by atoms with Crippen LogP contribution in [0.5, 0.6) is 0 Å². The van der Waals surface area contributed by atoms with Crippen LogP contribution >= 0.6 is 0 Å². The predicted molar refractivity (Wildman–Crippen MR) is 153 cm³/mol. The molecule has 0 heterocycles. The minimum atomic E-state index is -4.33. The lowest BCUT2D eigenvalue weighted by atomic mass is 9.70. The van der Waals surface area contributed by atoms with Crippen LogP contribution in [0.2, 0.25) is 0 Å². The highest BCUT2D eigenvalue weighted by atomic mass is 32.2. The molecule has 2 aliphatic rings. The van der Waals surface area contributed by atoms with E-state index in [1.165, 1.54) is 20.2 Å². The summed E-state index contributed by atoms with van der Waals surface area (Å²) in [6.45, 7) is 10.6. The maximum Gasteiger partial charge on any atom is 0.166 e. The van der Waals surface area contributed by atoms with Crippen LogP contribution in [0.25, 0.3) is 0 Å². The fraction of sp³-hybridized carbons (Fsp3) is 0.406. The minimum Gasteiger partial charge on any atom is -0.748 e. The topological polar surface area (TPSA) is 74.3 Å². The molecule has 2 atom stereocenters. The number of ketones is 1. The number of Topliss-reactive ketones (excluding diaryl/α,β-unsaturated/α-hetero) is 1. The van der Waals surface area contributed by atoms with E-state index in [2.05, 4.69) is 106 Å². The first-order valence-corrected chi connectivity index (χ1v) is 16.0. The highest BCUT2D eigenvalue weighted by Crippen LogP contribution is 2.64. The summed E-state index contributed by atoms with van der Waals surface area (Å²) >= 11 is 0. The third kappa shape index (κ3) is 5.78. The van der Waals surface area contributed by atoms with E-state index in [0.29, 0.717) is 12.8 Å². The van der Waals surface area contributed by atoms with E-state index in [4.69, 9.17) is 0 Å². The van der Waals surface area contributed by atoms with Crippen molar-refractivity contribution >= 4 is 26.8 Å². The van der Waals surface area contributed by atoms with Crippen molar-refractivity contribution in [3.8, 4) is 0 Å². The maximum absolute atomic E-state index is 11.8. The number of carbonyl (C=O) groups is 1. The lowest BCUT2D eigenvalue weighted by molar-refractivity contribution is -0.128. The molecule has 0 amide bonds. The number of carbonyl (C=O) groups excluding carboxylic acids is 1. The van der Waals surface area contributed by atoms with Gasteiger partial charge in [-0.2, -0.15) is 0 Å². The minimum absolute atomic E-state index is 0.0248. The molecule has 5 rings (SSSR count). The zero-order chi connectivity index (χ0) is 27.8. The smallest absolute Gasteiger partial charge is 0.166 e. The van der Waals surface area contributed by atoms with E-state index in [1.54, 1.807) is 0 Å².